The molecule has 202 valence electrons. The van der Waals surface area contributed by atoms with Crippen LogP contribution in [-0.4, -0.2) is 74.5 Å². The number of hydrogen-bond donors (Lipinski definition) is 2. The second-order valence-corrected chi connectivity index (χ2v) is 12.7. The number of amides is 2. The first-order valence-electron chi connectivity index (χ1n) is 13.3. The standard InChI is InChI=1S/C30H31N3O4S2/c34-23(18-22-14-9-17-38-22)31-25-27(35)33-19-30(29(36)37,32-15-7-8-16-32)26(39-28(25)33)24(20-10-3-1-4-11-20)21-12-5-2-6-13-21/h1-6,9-14,17,24-26,28H,7-8,15-16,18-19H2,(H,31,34)(H,36,37)/t25?,26?,28-,30?/m1/s1. The molecule has 4 atom stereocenters. The van der Waals surface area contributed by atoms with Gasteiger partial charge in [-0.1, -0.05) is 66.7 Å². The topological polar surface area (TPSA) is 90.0 Å². The number of nitrogens with one attached hydrogen (secondary N) is 1. The fourth-order valence-corrected chi connectivity index (χ4v) is 9.01. The smallest absolute Gasteiger partial charge is 0.327 e. The van der Waals surface area contributed by atoms with Crippen molar-refractivity contribution in [2.75, 3.05) is 19.6 Å². The highest BCUT2D eigenvalue weighted by Gasteiger charge is 2.65. The number of likely N-dealkylation sites (tertiary alicyclic amines) is 1. The molecule has 0 bridgehead atoms. The number of thioether (sulfide) groups is 1. The zero-order valence-corrected chi connectivity index (χ0v) is 23.1. The zero-order chi connectivity index (χ0) is 27.0. The summed E-state index contributed by atoms with van der Waals surface area (Å²) in [5.74, 6) is -1.50. The number of carbonyl (C=O) groups excluding carboxylic acids is 2. The number of carboxylic acids is 1. The fraction of sp³-hybridized carbons (Fsp3) is 0.367. The van der Waals surface area contributed by atoms with E-state index in [4.69, 9.17) is 0 Å². The van der Waals surface area contributed by atoms with Crippen molar-refractivity contribution in [3.8, 4) is 0 Å². The number of carboxylic acid groups (broad SMARTS) is 1. The molecule has 4 heterocycles. The first-order valence-corrected chi connectivity index (χ1v) is 15.2. The van der Waals surface area contributed by atoms with Crippen molar-refractivity contribution >= 4 is 40.9 Å². The second kappa shape index (κ2) is 10.8. The van der Waals surface area contributed by atoms with Crippen LogP contribution in [-0.2, 0) is 20.8 Å². The Kier molecular flexibility index (Phi) is 7.22. The molecule has 9 heteroatoms. The van der Waals surface area contributed by atoms with Crippen LogP contribution in [0.3, 0.4) is 0 Å². The van der Waals surface area contributed by atoms with Crippen molar-refractivity contribution in [1.82, 2.24) is 15.1 Å². The SMILES string of the molecule is O=C(Cc1cccs1)NC1C(=O)N2CC(C(=O)O)(N3CCCC3)C(C(c3ccccc3)c3ccccc3)S[C@H]12. The molecule has 2 amide bonds. The Morgan fingerprint density at radius 2 is 1.62 bits per heavy atom. The van der Waals surface area contributed by atoms with Gasteiger partial charge < -0.3 is 15.3 Å². The van der Waals surface area contributed by atoms with E-state index < -0.39 is 17.6 Å². The van der Waals surface area contributed by atoms with E-state index in [0.29, 0.717) is 13.1 Å². The highest BCUT2D eigenvalue weighted by atomic mass is 32.2. The Balaban J connectivity index is 1.39. The summed E-state index contributed by atoms with van der Waals surface area (Å²) >= 11 is 3.05. The van der Waals surface area contributed by atoms with Crippen LogP contribution in [0.4, 0.5) is 0 Å². The summed E-state index contributed by atoms with van der Waals surface area (Å²) < 4.78 is 0. The average Bonchev–Trinajstić information content (AvgIpc) is 3.68. The molecule has 3 aromatic rings. The van der Waals surface area contributed by atoms with Gasteiger partial charge in [0.1, 0.15) is 17.0 Å². The molecule has 0 saturated carbocycles. The van der Waals surface area contributed by atoms with E-state index in [1.807, 2.05) is 53.9 Å². The third-order valence-corrected chi connectivity index (χ3v) is 10.8. The van der Waals surface area contributed by atoms with Crippen molar-refractivity contribution in [2.45, 2.75) is 47.4 Å². The van der Waals surface area contributed by atoms with Gasteiger partial charge in [-0.2, -0.15) is 0 Å². The van der Waals surface area contributed by atoms with Crippen LogP contribution in [0.5, 0.6) is 0 Å². The average molecular weight is 562 g/mol. The summed E-state index contributed by atoms with van der Waals surface area (Å²) in [6.07, 6.45) is 2.10. The van der Waals surface area contributed by atoms with Crippen LogP contribution in [0.15, 0.2) is 78.2 Å². The van der Waals surface area contributed by atoms with Crippen LogP contribution < -0.4 is 5.32 Å². The minimum Gasteiger partial charge on any atom is -0.480 e. The molecule has 2 aromatic carbocycles. The number of carbonyl (C=O) groups is 3. The van der Waals surface area contributed by atoms with E-state index in [2.05, 4.69) is 34.5 Å². The number of nitrogens with zero attached hydrogens (tertiary/aromatic N) is 2. The normalized spacial score (nSPS) is 26.7. The number of aliphatic carboxylic acids is 1. The minimum absolute atomic E-state index is 0.108. The number of benzene rings is 2. The summed E-state index contributed by atoms with van der Waals surface area (Å²) in [6, 6.07) is 23.3. The van der Waals surface area contributed by atoms with Crippen LogP contribution in [0.1, 0.15) is 34.8 Å². The molecule has 1 aromatic heterocycles. The lowest BCUT2D eigenvalue weighted by atomic mass is 9.77. The van der Waals surface area contributed by atoms with Crippen LogP contribution in [0.2, 0.25) is 0 Å². The summed E-state index contributed by atoms with van der Waals surface area (Å²) in [6.45, 7) is 1.48. The van der Waals surface area contributed by atoms with Crippen molar-refractivity contribution in [2.24, 2.45) is 0 Å². The van der Waals surface area contributed by atoms with Gasteiger partial charge in [0.25, 0.3) is 0 Å². The van der Waals surface area contributed by atoms with Gasteiger partial charge in [0.2, 0.25) is 11.8 Å². The Labute approximate surface area is 236 Å². The van der Waals surface area contributed by atoms with Crippen LogP contribution in [0.25, 0.3) is 0 Å². The second-order valence-electron chi connectivity index (χ2n) is 10.4. The molecule has 0 radical (unpaired) electrons. The number of hydrogen-bond acceptors (Lipinski definition) is 6. The van der Waals surface area contributed by atoms with E-state index in [9.17, 15) is 19.5 Å². The summed E-state index contributed by atoms with van der Waals surface area (Å²) in [5.41, 5.74) is 0.835. The van der Waals surface area contributed by atoms with E-state index in [0.717, 1.165) is 28.8 Å². The van der Waals surface area contributed by atoms with E-state index >= 15 is 0 Å². The largest absolute Gasteiger partial charge is 0.480 e. The van der Waals surface area contributed by atoms with Crippen LogP contribution in [0, 0.1) is 0 Å². The molecule has 39 heavy (non-hydrogen) atoms. The van der Waals surface area contributed by atoms with Gasteiger partial charge in [0.05, 0.1) is 13.0 Å². The van der Waals surface area contributed by atoms with Crippen molar-refractivity contribution < 1.29 is 19.5 Å². The molecule has 2 N–H and O–H groups in total. The van der Waals surface area contributed by atoms with Gasteiger partial charge in [-0.15, -0.1) is 23.1 Å². The monoisotopic (exact) mass is 561 g/mol. The Hall–Kier alpha value is -3.14. The predicted octanol–water partition coefficient (Wildman–Crippen LogP) is 3.81. The molecular weight excluding hydrogens is 530 g/mol. The Morgan fingerprint density at radius 3 is 2.18 bits per heavy atom. The lowest BCUT2D eigenvalue weighted by Crippen LogP contribution is -2.80. The molecular formula is C30H31N3O4S2. The van der Waals surface area contributed by atoms with Gasteiger partial charge in [0.15, 0.2) is 0 Å². The lowest BCUT2D eigenvalue weighted by molar-refractivity contribution is -0.162. The molecule has 3 aliphatic rings. The number of thiophene rings is 1. The summed E-state index contributed by atoms with van der Waals surface area (Å²) in [7, 11) is 0. The van der Waals surface area contributed by atoms with Crippen molar-refractivity contribution in [3.05, 3.63) is 94.2 Å². The molecule has 3 fully saturated rings. The summed E-state index contributed by atoms with van der Waals surface area (Å²) in [5, 5.41) is 15.2. The van der Waals surface area contributed by atoms with Gasteiger partial charge in [-0.25, -0.2) is 0 Å². The molecule has 3 aliphatic heterocycles. The molecule has 7 nitrogen and oxygen atoms in total. The third-order valence-electron chi connectivity index (χ3n) is 8.20. The maximum Gasteiger partial charge on any atom is 0.327 e. The first-order chi connectivity index (χ1) is 19.0. The quantitative estimate of drug-likeness (QED) is 0.407. The minimum atomic E-state index is -1.25. The maximum absolute atomic E-state index is 13.4. The number of rotatable bonds is 8. The van der Waals surface area contributed by atoms with Crippen molar-refractivity contribution in [1.29, 1.82) is 0 Å². The van der Waals surface area contributed by atoms with Crippen LogP contribution >= 0.6 is 23.1 Å². The lowest BCUT2D eigenvalue weighted by Gasteiger charge is -2.60. The summed E-state index contributed by atoms with van der Waals surface area (Å²) in [4.78, 5) is 44.3. The van der Waals surface area contributed by atoms with Gasteiger partial charge >= 0.3 is 5.97 Å². The number of fused-ring (bicyclic) bond motifs is 1. The molecule has 3 saturated heterocycles. The molecule has 6 rings (SSSR count). The highest BCUT2D eigenvalue weighted by molar-refractivity contribution is 8.00. The van der Waals surface area contributed by atoms with E-state index in [-0.39, 0.29) is 41.3 Å². The van der Waals surface area contributed by atoms with Gasteiger partial charge in [0, 0.05) is 16.0 Å². The molecule has 0 aliphatic carbocycles. The maximum atomic E-state index is 13.4. The van der Waals surface area contributed by atoms with E-state index in [1.54, 1.807) is 4.90 Å². The third kappa shape index (κ3) is 4.66. The van der Waals surface area contributed by atoms with Crippen molar-refractivity contribution in [3.63, 3.8) is 0 Å². The highest BCUT2D eigenvalue weighted by Crippen LogP contribution is 2.52. The van der Waals surface area contributed by atoms with E-state index in [1.165, 1.54) is 23.1 Å². The predicted molar refractivity (Wildman–Crippen MR) is 153 cm³/mol. The zero-order valence-electron chi connectivity index (χ0n) is 21.4. The fourth-order valence-electron chi connectivity index (χ4n) is 6.32. The first kappa shape index (κ1) is 26.1. The number of β-lactam (4-membered cyclic amide) rings is 1. The Morgan fingerprint density at radius 1 is 0.974 bits per heavy atom. The molecule has 3 unspecified atom stereocenters. The Bertz CT molecular complexity index is 1290. The molecule has 0 spiro atoms. The van der Waals surface area contributed by atoms with Gasteiger partial charge in [-0.05, 0) is 48.5 Å². The van der Waals surface area contributed by atoms with Gasteiger partial charge in [-0.3, -0.25) is 19.3 Å².